The van der Waals surface area contributed by atoms with Gasteiger partial charge in [-0.1, -0.05) is 48.5 Å². The van der Waals surface area contributed by atoms with E-state index in [-0.39, 0.29) is 18.3 Å². The summed E-state index contributed by atoms with van der Waals surface area (Å²) in [5, 5.41) is 12.0. The van der Waals surface area contributed by atoms with Crippen LogP contribution in [0, 0.1) is 11.8 Å². The summed E-state index contributed by atoms with van der Waals surface area (Å²) >= 11 is 0. The molecule has 2 aromatic carbocycles. The molecule has 0 unspecified atom stereocenters. The first-order valence-corrected chi connectivity index (χ1v) is 10.3. The van der Waals surface area contributed by atoms with Crippen molar-refractivity contribution in [2.75, 3.05) is 0 Å². The Balaban J connectivity index is 1.49. The highest BCUT2D eigenvalue weighted by Crippen LogP contribution is 2.61. The van der Waals surface area contributed by atoms with Crippen LogP contribution in [0.1, 0.15) is 39.8 Å². The number of rotatable bonds is 4. The fraction of sp³-hybridized carbons (Fsp3) is 0.250. The number of carboxylic acids is 1. The summed E-state index contributed by atoms with van der Waals surface area (Å²) in [6.45, 7) is 0. The number of H-pyrrole nitrogens is 1. The number of hydrogen-bond donors (Lipinski definition) is 1. The van der Waals surface area contributed by atoms with E-state index in [0.29, 0.717) is 5.69 Å². The fourth-order valence-electron chi connectivity index (χ4n) is 5.89. The van der Waals surface area contributed by atoms with Crippen LogP contribution >= 0.6 is 0 Å². The lowest BCUT2D eigenvalue weighted by Crippen LogP contribution is -2.52. The predicted molar refractivity (Wildman–Crippen MR) is 106 cm³/mol. The van der Waals surface area contributed by atoms with Crippen molar-refractivity contribution >= 4 is 17.8 Å². The van der Waals surface area contributed by atoms with Crippen molar-refractivity contribution < 1.29 is 19.5 Å². The summed E-state index contributed by atoms with van der Waals surface area (Å²) in [6.07, 6.45) is 2.86. The van der Waals surface area contributed by atoms with Gasteiger partial charge in [-0.3, -0.25) is 14.5 Å². The topological polar surface area (TPSA) is 106 Å². The van der Waals surface area contributed by atoms with Crippen LogP contribution < -0.4 is 5.11 Å². The van der Waals surface area contributed by atoms with Crippen LogP contribution in [0.5, 0.6) is 0 Å². The van der Waals surface area contributed by atoms with E-state index in [4.69, 9.17) is 0 Å². The lowest BCUT2D eigenvalue weighted by molar-refractivity contribution is -0.310. The first kappa shape index (κ1) is 18.1. The van der Waals surface area contributed by atoms with E-state index in [1.165, 1.54) is 12.5 Å². The second kappa shape index (κ2) is 6.38. The molecule has 31 heavy (non-hydrogen) atoms. The van der Waals surface area contributed by atoms with E-state index in [1.54, 1.807) is 0 Å². The minimum atomic E-state index is -1.45. The number of amides is 2. The molecule has 7 heteroatoms. The van der Waals surface area contributed by atoms with Gasteiger partial charge in [-0.2, -0.15) is 0 Å². The molecule has 3 aromatic rings. The van der Waals surface area contributed by atoms with Crippen molar-refractivity contribution in [2.24, 2.45) is 11.8 Å². The number of imidazole rings is 1. The second-order valence-corrected chi connectivity index (χ2v) is 8.43. The number of hydrogen-bond acceptors (Lipinski definition) is 5. The largest absolute Gasteiger partial charge is 0.548 e. The number of nitrogens with zero attached hydrogens (tertiary/aromatic N) is 2. The Morgan fingerprint density at radius 1 is 0.935 bits per heavy atom. The van der Waals surface area contributed by atoms with Crippen LogP contribution in [-0.4, -0.2) is 38.7 Å². The standard InChI is InChI=1S/C24H19N3O4/c28-22-20-18-13-5-1-2-6-14(13)19(16-8-4-3-7-15(16)18)21(20)23(29)27(22)17(24(30)31)9-12-10-25-11-26-12/h1-8,10-11,17-21H,9H2,(H,25,26)(H,30,31)/p-1/t17-,18?,19?,20-,21+/m0/s1. The van der Waals surface area contributed by atoms with E-state index in [0.717, 1.165) is 27.2 Å². The molecule has 1 saturated heterocycles. The van der Waals surface area contributed by atoms with Gasteiger partial charge in [-0.15, -0.1) is 0 Å². The maximum Gasteiger partial charge on any atom is 0.234 e. The second-order valence-electron chi connectivity index (χ2n) is 8.43. The summed E-state index contributed by atoms with van der Waals surface area (Å²) in [4.78, 5) is 47.0. The molecule has 7 rings (SSSR count). The first-order valence-electron chi connectivity index (χ1n) is 10.3. The first-order chi connectivity index (χ1) is 15.1. The monoisotopic (exact) mass is 412 g/mol. The van der Waals surface area contributed by atoms with Crippen LogP contribution in [0.15, 0.2) is 61.1 Å². The van der Waals surface area contributed by atoms with Gasteiger partial charge in [0, 0.05) is 30.1 Å². The Morgan fingerprint density at radius 2 is 1.42 bits per heavy atom. The summed E-state index contributed by atoms with van der Waals surface area (Å²) in [5.41, 5.74) is 4.73. The van der Waals surface area contributed by atoms with E-state index in [9.17, 15) is 19.5 Å². The highest BCUT2D eigenvalue weighted by molar-refractivity contribution is 6.09. The van der Waals surface area contributed by atoms with E-state index < -0.39 is 35.7 Å². The average Bonchev–Trinajstić information content (AvgIpc) is 3.39. The third-order valence-corrected chi connectivity index (χ3v) is 7.03. The van der Waals surface area contributed by atoms with Gasteiger partial charge in [0.1, 0.15) is 0 Å². The van der Waals surface area contributed by atoms with E-state index >= 15 is 0 Å². The summed E-state index contributed by atoms with van der Waals surface area (Å²) in [5.74, 6) is -4.04. The van der Waals surface area contributed by atoms with Gasteiger partial charge in [-0.25, -0.2) is 4.98 Å². The normalized spacial score (nSPS) is 26.4. The number of aromatic amines is 1. The van der Waals surface area contributed by atoms with Crippen molar-refractivity contribution in [1.82, 2.24) is 14.9 Å². The van der Waals surface area contributed by atoms with E-state index in [2.05, 4.69) is 9.97 Å². The number of carboxylic acid groups (broad SMARTS) is 1. The number of carbonyl (C=O) groups is 3. The van der Waals surface area contributed by atoms with Crippen molar-refractivity contribution in [3.8, 4) is 0 Å². The molecule has 0 radical (unpaired) electrons. The van der Waals surface area contributed by atoms with Crippen LogP contribution in [0.2, 0.25) is 0 Å². The quantitative estimate of drug-likeness (QED) is 0.643. The highest BCUT2D eigenvalue weighted by atomic mass is 16.4. The number of likely N-dealkylation sites (tertiary alicyclic amines) is 1. The Labute approximate surface area is 177 Å². The minimum absolute atomic E-state index is 0.0610. The van der Waals surface area contributed by atoms with Crippen LogP contribution in [0.25, 0.3) is 0 Å². The van der Waals surface area contributed by atoms with Crippen molar-refractivity contribution in [3.05, 3.63) is 89.0 Å². The fourth-order valence-corrected chi connectivity index (χ4v) is 5.89. The van der Waals surface area contributed by atoms with Gasteiger partial charge in [-0.05, 0) is 22.3 Å². The molecule has 7 nitrogen and oxygen atoms in total. The number of imide groups is 1. The van der Waals surface area contributed by atoms with Crippen molar-refractivity contribution in [2.45, 2.75) is 24.3 Å². The smallest absolute Gasteiger partial charge is 0.234 e. The van der Waals surface area contributed by atoms with Gasteiger partial charge < -0.3 is 14.9 Å². The molecule has 0 spiro atoms. The van der Waals surface area contributed by atoms with Gasteiger partial charge in [0.05, 0.1) is 30.2 Å². The van der Waals surface area contributed by atoms with Gasteiger partial charge in [0.15, 0.2) is 0 Å². The number of nitrogens with one attached hydrogen (secondary N) is 1. The molecule has 3 aliphatic carbocycles. The zero-order valence-corrected chi connectivity index (χ0v) is 16.4. The summed E-state index contributed by atoms with van der Waals surface area (Å²) in [7, 11) is 0. The summed E-state index contributed by atoms with van der Waals surface area (Å²) < 4.78 is 0. The molecule has 2 amide bonds. The predicted octanol–water partition coefficient (Wildman–Crippen LogP) is 0.963. The molecule has 1 aromatic heterocycles. The zero-order valence-electron chi connectivity index (χ0n) is 16.4. The zero-order chi connectivity index (χ0) is 21.3. The molecule has 1 fully saturated rings. The highest BCUT2D eigenvalue weighted by Gasteiger charge is 2.62. The molecule has 2 heterocycles. The van der Waals surface area contributed by atoms with Crippen LogP contribution in [0.4, 0.5) is 0 Å². The van der Waals surface area contributed by atoms with Crippen LogP contribution in [0.3, 0.4) is 0 Å². The molecule has 154 valence electrons. The molecule has 3 atom stereocenters. The Kier molecular flexibility index (Phi) is 3.72. The number of aromatic nitrogens is 2. The molecular weight excluding hydrogens is 394 g/mol. The van der Waals surface area contributed by atoms with Gasteiger partial charge >= 0.3 is 0 Å². The SMILES string of the molecule is O=C([O-])[C@H](Cc1cnc[nH]1)N1C(=O)[C@@H]2C3c4ccccc4C(c4ccccc43)[C@@H]2C1=O. The average molecular weight is 412 g/mol. The number of aliphatic carboxylic acids is 1. The maximum atomic E-state index is 13.6. The van der Waals surface area contributed by atoms with Crippen molar-refractivity contribution in [3.63, 3.8) is 0 Å². The van der Waals surface area contributed by atoms with Gasteiger partial charge in [0.25, 0.3) is 0 Å². The molecule has 1 aliphatic heterocycles. The number of carbonyl (C=O) groups excluding carboxylic acids is 3. The summed E-state index contributed by atoms with van der Waals surface area (Å²) in [6, 6.07) is 14.5. The third kappa shape index (κ3) is 2.34. The molecule has 4 aliphatic rings. The molecular formula is C24H18N3O4-. The lowest BCUT2D eigenvalue weighted by atomic mass is 9.55. The Bertz CT molecular complexity index is 1120. The number of benzene rings is 2. The van der Waals surface area contributed by atoms with E-state index in [1.807, 2.05) is 48.5 Å². The van der Waals surface area contributed by atoms with Crippen LogP contribution in [-0.2, 0) is 20.8 Å². The Hall–Kier alpha value is -3.74. The Morgan fingerprint density at radius 3 is 1.81 bits per heavy atom. The molecule has 1 N–H and O–H groups in total. The lowest BCUT2D eigenvalue weighted by Gasteiger charge is -2.45. The van der Waals surface area contributed by atoms with Crippen molar-refractivity contribution in [1.29, 1.82) is 0 Å². The minimum Gasteiger partial charge on any atom is -0.548 e. The molecule has 2 bridgehead atoms. The molecule has 0 saturated carbocycles. The van der Waals surface area contributed by atoms with Gasteiger partial charge in [0.2, 0.25) is 11.8 Å². The maximum absolute atomic E-state index is 13.6. The third-order valence-electron chi connectivity index (χ3n) is 7.03.